The highest BCUT2D eigenvalue weighted by Gasteiger charge is 2.30. The molecule has 0 bridgehead atoms. The summed E-state index contributed by atoms with van der Waals surface area (Å²) in [4.78, 5) is 36.5. The van der Waals surface area contributed by atoms with Gasteiger partial charge in [-0.1, -0.05) is 5.11 Å². The molecular weight excluding hydrogens is 524 g/mol. The molecular formula is C28H30N10O3. The second-order valence-electron chi connectivity index (χ2n) is 10.1. The lowest BCUT2D eigenvalue weighted by Crippen LogP contribution is -2.49. The number of aryl methyl sites for hydroxylation is 1. The number of hydrogen-bond acceptors (Lipinski definition) is 8. The van der Waals surface area contributed by atoms with Crippen molar-refractivity contribution in [2.45, 2.75) is 38.8 Å². The van der Waals surface area contributed by atoms with E-state index in [4.69, 9.17) is 15.0 Å². The smallest absolute Gasteiger partial charge is 0.322 e. The third-order valence-electron chi connectivity index (χ3n) is 7.60. The van der Waals surface area contributed by atoms with E-state index in [1.807, 2.05) is 48.2 Å². The number of carbonyl (C=O) groups is 1. The van der Waals surface area contributed by atoms with Crippen molar-refractivity contribution >= 4 is 28.6 Å². The molecule has 2 aromatic carbocycles. The number of benzene rings is 2. The molecule has 0 saturated carbocycles. The van der Waals surface area contributed by atoms with Crippen LogP contribution in [-0.4, -0.2) is 63.7 Å². The number of anilines is 2. The molecule has 0 spiro atoms. The van der Waals surface area contributed by atoms with E-state index < -0.39 is 0 Å². The van der Waals surface area contributed by atoms with E-state index in [-0.39, 0.29) is 18.6 Å². The van der Waals surface area contributed by atoms with Crippen molar-refractivity contribution in [1.29, 1.82) is 0 Å². The number of aromatic nitrogens is 4. The Morgan fingerprint density at radius 1 is 1.12 bits per heavy atom. The summed E-state index contributed by atoms with van der Waals surface area (Å²) in [6.45, 7) is 4.29. The molecule has 0 atom stereocenters. The molecule has 41 heavy (non-hydrogen) atoms. The van der Waals surface area contributed by atoms with Crippen LogP contribution in [0.5, 0.6) is 17.4 Å². The van der Waals surface area contributed by atoms with Crippen LogP contribution in [0.4, 0.5) is 16.3 Å². The van der Waals surface area contributed by atoms with Gasteiger partial charge in [0, 0.05) is 48.4 Å². The van der Waals surface area contributed by atoms with Crippen molar-refractivity contribution in [3.8, 4) is 17.4 Å². The summed E-state index contributed by atoms with van der Waals surface area (Å²) in [5.74, 6) is 3.21. The maximum atomic E-state index is 13.1. The summed E-state index contributed by atoms with van der Waals surface area (Å²) in [6.07, 6.45) is 3.95. The minimum absolute atomic E-state index is 0.0560. The fraction of sp³-hybridized carbons (Fsp3) is 0.357. The average Bonchev–Trinajstić information content (AvgIpc) is 3.33. The van der Waals surface area contributed by atoms with Gasteiger partial charge in [-0.05, 0) is 67.1 Å². The number of nitrogens with one attached hydrogen (secondary N) is 2. The maximum Gasteiger partial charge on any atom is 0.322 e. The molecule has 6 rings (SSSR count). The third-order valence-corrected chi connectivity index (χ3v) is 7.60. The molecule has 2 N–H and O–H groups in total. The zero-order valence-electron chi connectivity index (χ0n) is 22.9. The summed E-state index contributed by atoms with van der Waals surface area (Å²) in [7, 11) is 1.65. The summed E-state index contributed by atoms with van der Waals surface area (Å²) in [5.41, 5.74) is 13.0. The lowest BCUT2D eigenvalue weighted by Gasteiger charge is -2.38. The number of rotatable bonds is 7. The first-order valence-electron chi connectivity index (χ1n) is 13.5. The Morgan fingerprint density at radius 3 is 2.78 bits per heavy atom. The average molecular weight is 555 g/mol. The zero-order chi connectivity index (χ0) is 28.3. The number of azide groups is 1. The van der Waals surface area contributed by atoms with Gasteiger partial charge in [-0.2, -0.15) is 0 Å². The van der Waals surface area contributed by atoms with Crippen LogP contribution in [0, 0.1) is 6.92 Å². The Hall–Kier alpha value is -5.03. The first-order chi connectivity index (χ1) is 20.0. The number of carbonyl (C=O) groups excluding carboxylic acids is 1. The van der Waals surface area contributed by atoms with Gasteiger partial charge in [-0.3, -0.25) is 0 Å². The van der Waals surface area contributed by atoms with E-state index in [1.54, 1.807) is 7.11 Å². The zero-order valence-corrected chi connectivity index (χ0v) is 22.9. The molecule has 2 amide bonds. The van der Waals surface area contributed by atoms with Gasteiger partial charge in [-0.15, -0.1) is 0 Å². The number of methoxy groups -OCH3 is 1. The first-order valence-corrected chi connectivity index (χ1v) is 13.5. The molecule has 4 heterocycles. The number of amides is 2. The number of ether oxygens (including phenoxy) is 2. The van der Waals surface area contributed by atoms with Crippen LogP contribution >= 0.6 is 0 Å². The number of piperidine rings is 1. The minimum Gasteiger partial charge on any atom is -0.497 e. The van der Waals surface area contributed by atoms with Crippen LogP contribution < -0.4 is 19.7 Å². The highest BCUT2D eigenvalue weighted by Crippen LogP contribution is 2.31. The SMILES string of the molecule is COc1ccc2c(c1)CCN(C1CCN(c3cc(Oc4cc(C)c5nc(CN=[N+]=[N-])[nH]c5c4)ncn3)CC1)C(=O)N2. The van der Waals surface area contributed by atoms with E-state index in [2.05, 4.69) is 40.2 Å². The lowest BCUT2D eigenvalue weighted by molar-refractivity contribution is 0.177. The summed E-state index contributed by atoms with van der Waals surface area (Å²) in [5, 5.41) is 6.65. The van der Waals surface area contributed by atoms with Crippen LogP contribution in [-0.2, 0) is 13.0 Å². The van der Waals surface area contributed by atoms with Gasteiger partial charge in [0.05, 0.1) is 24.7 Å². The third kappa shape index (κ3) is 5.52. The molecule has 0 unspecified atom stereocenters. The standard InChI is InChI=1S/C28H30N10O3/c1-17-11-21(13-23-27(17)35-24(33-23)15-32-36-29)41-26-14-25(30-16-31-26)37-8-6-19(7-9-37)38-10-5-18-12-20(40-2)3-4-22(18)34-28(38)39/h3-4,11-14,16,19H,5-10,15H2,1-2H3,(H,33,35)(H,34,39). The molecule has 2 aromatic heterocycles. The first kappa shape index (κ1) is 26.2. The number of hydrogen-bond donors (Lipinski definition) is 2. The van der Waals surface area contributed by atoms with E-state index in [1.165, 1.54) is 6.33 Å². The van der Waals surface area contributed by atoms with Crippen molar-refractivity contribution in [1.82, 2.24) is 24.8 Å². The Kier molecular flexibility index (Phi) is 7.17. The summed E-state index contributed by atoms with van der Waals surface area (Å²) < 4.78 is 11.5. The maximum absolute atomic E-state index is 13.1. The van der Waals surface area contributed by atoms with Gasteiger partial charge < -0.3 is 29.6 Å². The van der Waals surface area contributed by atoms with Gasteiger partial charge in [0.25, 0.3) is 0 Å². The molecule has 2 aliphatic heterocycles. The Labute approximate surface area is 236 Å². The number of urea groups is 1. The van der Waals surface area contributed by atoms with E-state index >= 15 is 0 Å². The van der Waals surface area contributed by atoms with Crippen molar-refractivity contribution in [3.05, 3.63) is 70.1 Å². The normalized spacial score (nSPS) is 15.6. The second kappa shape index (κ2) is 11.2. The number of fused-ring (bicyclic) bond motifs is 2. The van der Waals surface area contributed by atoms with Crippen LogP contribution in [0.1, 0.15) is 29.8 Å². The molecule has 1 saturated heterocycles. The molecule has 2 aliphatic rings. The van der Waals surface area contributed by atoms with Crippen molar-refractivity contribution < 1.29 is 14.3 Å². The fourth-order valence-corrected chi connectivity index (χ4v) is 5.53. The summed E-state index contributed by atoms with van der Waals surface area (Å²) >= 11 is 0. The second-order valence-corrected chi connectivity index (χ2v) is 10.1. The lowest BCUT2D eigenvalue weighted by atomic mass is 10.0. The molecule has 210 valence electrons. The van der Waals surface area contributed by atoms with Crippen molar-refractivity contribution in [2.24, 2.45) is 5.11 Å². The van der Waals surface area contributed by atoms with Crippen molar-refractivity contribution in [3.63, 3.8) is 0 Å². The molecule has 0 aliphatic carbocycles. The topological polar surface area (TPSA) is 157 Å². The van der Waals surface area contributed by atoms with Crippen LogP contribution in [0.2, 0.25) is 0 Å². The van der Waals surface area contributed by atoms with E-state index in [9.17, 15) is 4.79 Å². The summed E-state index contributed by atoms with van der Waals surface area (Å²) in [6, 6.07) is 11.4. The van der Waals surface area contributed by atoms with Gasteiger partial charge in [-0.25, -0.2) is 19.7 Å². The Bertz CT molecular complexity index is 1640. The molecule has 13 heteroatoms. The predicted octanol–water partition coefficient (Wildman–Crippen LogP) is 5.33. The molecule has 13 nitrogen and oxygen atoms in total. The number of H-pyrrole nitrogens is 1. The van der Waals surface area contributed by atoms with Crippen LogP contribution in [0.25, 0.3) is 21.5 Å². The van der Waals surface area contributed by atoms with Gasteiger partial charge in [0.2, 0.25) is 5.88 Å². The highest BCUT2D eigenvalue weighted by atomic mass is 16.5. The molecule has 1 fully saturated rings. The van der Waals surface area contributed by atoms with Gasteiger partial charge in [0.1, 0.15) is 29.5 Å². The highest BCUT2D eigenvalue weighted by molar-refractivity contribution is 5.91. The van der Waals surface area contributed by atoms with Crippen LogP contribution in [0.3, 0.4) is 0 Å². The van der Waals surface area contributed by atoms with Crippen LogP contribution in [0.15, 0.2) is 47.8 Å². The van der Waals surface area contributed by atoms with Crippen molar-refractivity contribution in [2.75, 3.05) is 37.0 Å². The number of nitrogens with zero attached hydrogens (tertiary/aromatic N) is 8. The quantitative estimate of drug-likeness (QED) is 0.177. The van der Waals surface area contributed by atoms with E-state index in [0.29, 0.717) is 24.0 Å². The van der Waals surface area contributed by atoms with Gasteiger partial charge in [0.15, 0.2) is 0 Å². The largest absolute Gasteiger partial charge is 0.497 e. The number of imidazole rings is 1. The molecule has 0 radical (unpaired) electrons. The minimum atomic E-state index is -0.0560. The molecule has 4 aromatic rings. The Morgan fingerprint density at radius 2 is 1.98 bits per heavy atom. The van der Waals surface area contributed by atoms with Gasteiger partial charge >= 0.3 is 6.03 Å². The number of aromatic amines is 1. The Balaban J connectivity index is 1.10. The van der Waals surface area contributed by atoms with E-state index in [0.717, 1.165) is 71.8 Å². The predicted molar refractivity (Wildman–Crippen MR) is 153 cm³/mol. The monoisotopic (exact) mass is 554 g/mol. The fourth-order valence-electron chi connectivity index (χ4n) is 5.53.